The lowest BCUT2D eigenvalue weighted by atomic mass is 10.1. The van der Waals surface area contributed by atoms with Crippen molar-refractivity contribution in [2.24, 2.45) is 0 Å². The summed E-state index contributed by atoms with van der Waals surface area (Å²) < 4.78 is 1.99. The first-order chi connectivity index (χ1) is 12.6. The molecule has 3 heterocycles. The molecule has 0 radical (unpaired) electrons. The van der Waals surface area contributed by atoms with Gasteiger partial charge in [0.05, 0.1) is 0 Å². The summed E-state index contributed by atoms with van der Waals surface area (Å²) in [5.41, 5.74) is 3.24. The fraction of sp³-hybridized carbons (Fsp3) is 0.316. The minimum atomic E-state index is -0.0486. The van der Waals surface area contributed by atoms with E-state index >= 15 is 0 Å². The molecule has 0 aliphatic rings. The van der Waals surface area contributed by atoms with Gasteiger partial charge in [-0.2, -0.15) is 0 Å². The van der Waals surface area contributed by atoms with Crippen LogP contribution in [0.4, 0.5) is 0 Å². The number of para-hydroxylation sites is 1. The molecule has 26 heavy (non-hydrogen) atoms. The summed E-state index contributed by atoms with van der Waals surface area (Å²) in [6, 6.07) is 8.20. The van der Waals surface area contributed by atoms with E-state index in [1.54, 1.807) is 0 Å². The maximum absolute atomic E-state index is 12.6. The van der Waals surface area contributed by atoms with Crippen molar-refractivity contribution in [1.29, 1.82) is 0 Å². The molecule has 3 aromatic heterocycles. The van der Waals surface area contributed by atoms with Crippen LogP contribution in [0.25, 0.3) is 15.9 Å². The first kappa shape index (κ1) is 16.8. The Balaban J connectivity index is 1.48. The van der Waals surface area contributed by atoms with Gasteiger partial charge in [0.1, 0.15) is 10.7 Å². The van der Waals surface area contributed by atoms with E-state index in [-0.39, 0.29) is 11.8 Å². The van der Waals surface area contributed by atoms with E-state index in [1.807, 2.05) is 29.7 Å². The molecule has 6 nitrogen and oxygen atoms in total. The Bertz CT molecular complexity index is 1090. The molecule has 2 N–H and O–H groups in total. The fourth-order valence-corrected chi connectivity index (χ4v) is 4.23. The number of carbonyl (C=O) groups is 1. The van der Waals surface area contributed by atoms with Crippen LogP contribution in [0.3, 0.4) is 0 Å². The zero-order valence-electron chi connectivity index (χ0n) is 15.0. The number of aryl methyl sites for hydroxylation is 1. The van der Waals surface area contributed by atoms with Crippen LogP contribution in [0.5, 0.6) is 0 Å². The number of nitrogens with zero attached hydrogens (tertiary/aromatic N) is 3. The quantitative estimate of drug-likeness (QED) is 0.565. The van der Waals surface area contributed by atoms with Crippen molar-refractivity contribution in [2.75, 3.05) is 6.54 Å². The van der Waals surface area contributed by atoms with Crippen LogP contribution in [-0.4, -0.2) is 32.0 Å². The second kappa shape index (κ2) is 6.57. The number of aromatic nitrogens is 4. The predicted octanol–water partition coefficient (Wildman–Crippen LogP) is 3.68. The largest absolute Gasteiger partial charge is 0.361 e. The lowest BCUT2D eigenvalue weighted by Gasteiger charge is -2.05. The summed E-state index contributed by atoms with van der Waals surface area (Å²) in [6.45, 7) is 6.70. The second-order valence-corrected chi connectivity index (χ2v) is 7.69. The highest BCUT2D eigenvalue weighted by atomic mass is 32.1. The summed E-state index contributed by atoms with van der Waals surface area (Å²) in [4.78, 5) is 17.4. The van der Waals surface area contributed by atoms with Crippen LogP contribution in [0.15, 0.2) is 30.5 Å². The summed E-state index contributed by atoms with van der Waals surface area (Å²) in [7, 11) is 0. The SMILES string of the molecule is Cc1c(C(=O)NCCc2c[nH]c3ccccc23)sc2nnc(C(C)C)n12. The number of H-pyrrole nitrogens is 1. The van der Waals surface area contributed by atoms with Gasteiger partial charge in [-0.1, -0.05) is 43.4 Å². The van der Waals surface area contributed by atoms with Crippen molar-refractivity contribution >= 4 is 33.1 Å². The molecule has 0 aliphatic carbocycles. The Hall–Kier alpha value is -2.67. The summed E-state index contributed by atoms with van der Waals surface area (Å²) in [6.07, 6.45) is 2.80. The van der Waals surface area contributed by atoms with Gasteiger partial charge in [0.15, 0.2) is 0 Å². The van der Waals surface area contributed by atoms with Gasteiger partial charge < -0.3 is 10.3 Å². The Morgan fingerprint density at radius 1 is 1.31 bits per heavy atom. The van der Waals surface area contributed by atoms with Crippen LogP contribution < -0.4 is 5.32 Å². The van der Waals surface area contributed by atoms with E-state index in [0.29, 0.717) is 11.4 Å². The van der Waals surface area contributed by atoms with E-state index in [1.165, 1.54) is 22.3 Å². The highest BCUT2D eigenvalue weighted by Gasteiger charge is 2.20. The van der Waals surface area contributed by atoms with Crippen molar-refractivity contribution in [2.45, 2.75) is 33.1 Å². The van der Waals surface area contributed by atoms with E-state index < -0.39 is 0 Å². The normalized spacial score (nSPS) is 11.7. The number of nitrogens with one attached hydrogen (secondary N) is 2. The molecule has 0 spiro atoms. The standard InChI is InChI=1S/C19H21N5OS/c1-11(2)17-22-23-19-24(17)12(3)16(26-19)18(25)20-9-8-13-10-21-15-7-5-4-6-14(13)15/h4-7,10-11,21H,8-9H2,1-3H3,(H,20,25). The van der Waals surface area contributed by atoms with Gasteiger partial charge in [0.2, 0.25) is 4.96 Å². The summed E-state index contributed by atoms with van der Waals surface area (Å²) >= 11 is 1.39. The third kappa shape index (κ3) is 2.78. The molecule has 4 aromatic rings. The molecule has 1 aromatic carbocycles. The Kier molecular flexibility index (Phi) is 4.24. The minimum absolute atomic E-state index is 0.0486. The maximum atomic E-state index is 12.6. The zero-order valence-corrected chi connectivity index (χ0v) is 15.9. The number of benzene rings is 1. The number of hydrogen-bond acceptors (Lipinski definition) is 4. The van der Waals surface area contributed by atoms with Gasteiger partial charge in [-0.05, 0) is 25.0 Å². The number of rotatable bonds is 5. The first-order valence-electron chi connectivity index (χ1n) is 8.74. The number of carbonyl (C=O) groups excluding carboxylic acids is 1. The van der Waals surface area contributed by atoms with Gasteiger partial charge in [0.25, 0.3) is 5.91 Å². The minimum Gasteiger partial charge on any atom is -0.361 e. The Morgan fingerprint density at radius 3 is 2.92 bits per heavy atom. The first-order valence-corrected chi connectivity index (χ1v) is 9.55. The second-order valence-electron chi connectivity index (χ2n) is 6.71. The van der Waals surface area contributed by atoms with E-state index in [2.05, 4.69) is 46.5 Å². The molecule has 0 aliphatic heterocycles. The molecule has 7 heteroatoms. The monoisotopic (exact) mass is 367 g/mol. The Labute approximate surface area is 155 Å². The lowest BCUT2D eigenvalue weighted by molar-refractivity contribution is 0.0957. The van der Waals surface area contributed by atoms with Gasteiger partial charge in [-0.15, -0.1) is 10.2 Å². The van der Waals surface area contributed by atoms with Crippen molar-refractivity contribution in [3.05, 3.63) is 52.4 Å². The number of fused-ring (bicyclic) bond motifs is 2. The van der Waals surface area contributed by atoms with Crippen molar-refractivity contribution in [1.82, 2.24) is 24.9 Å². The van der Waals surface area contributed by atoms with Gasteiger partial charge in [0, 0.05) is 35.3 Å². The lowest BCUT2D eigenvalue weighted by Crippen LogP contribution is -2.25. The molecule has 0 atom stereocenters. The van der Waals surface area contributed by atoms with E-state index in [4.69, 9.17) is 0 Å². The number of amides is 1. The van der Waals surface area contributed by atoms with Crippen molar-refractivity contribution in [3.8, 4) is 0 Å². The number of aromatic amines is 1. The highest BCUT2D eigenvalue weighted by molar-refractivity contribution is 7.19. The van der Waals surface area contributed by atoms with E-state index in [9.17, 15) is 4.79 Å². The molecule has 4 rings (SSSR count). The van der Waals surface area contributed by atoms with Crippen molar-refractivity contribution < 1.29 is 4.79 Å². The third-order valence-electron chi connectivity index (χ3n) is 4.59. The summed E-state index contributed by atoms with van der Waals surface area (Å²) in [5, 5.41) is 12.7. The van der Waals surface area contributed by atoms with Crippen LogP contribution in [0.1, 0.15) is 46.5 Å². The number of hydrogen-bond donors (Lipinski definition) is 2. The maximum Gasteiger partial charge on any atom is 0.263 e. The predicted molar refractivity (Wildman–Crippen MR) is 104 cm³/mol. The highest BCUT2D eigenvalue weighted by Crippen LogP contribution is 2.25. The smallest absolute Gasteiger partial charge is 0.263 e. The molecule has 0 saturated carbocycles. The molecule has 0 fully saturated rings. The molecule has 1 amide bonds. The van der Waals surface area contributed by atoms with Crippen molar-refractivity contribution in [3.63, 3.8) is 0 Å². The van der Waals surface area contributed by atoms with Gasteiger partial charge >= 0.3 is 0 Å². The van der Waals surface area contributed by atoms with Crippen LogP contribution in [0, 0.1) is 6.92 Å². The fourth-order valence-electron chi connectivity index (χ4n) is 3.24. The molecule has 0 unspecified atom stereocenters. The Morgan fingerprint density at radius 2 is 2.12 bits per heavy atom. The van der Waals surface area contributed by atoms with Crippen LogP contribution in [-0.2, 0) is 6.42 Å². The summed E-state index contributed by atoms with van der Waals surface area (Å²) in [5.74, 6) is 1.11. The average Bonchev–Trinajstić information content (AvgIpc) is 3.30. The average molecular weight is 367 g/mol. The zero-order chi connectivity index (χ0) is 18.3. The molecule has 134 valence electrons. The third-order valence-corrected chi connectivity index (χ3v) is 5.72. The van der Waals surface area contributed by atoms with Gasteiger partial charge in [-0.3, -0.25) is 9.20 Å². The molecular weight excluding hydrogens is 346 g/mol. The van der Waals surface area contributed by atoms with Crippen LogP contribution in [0.2, 0.25) is 0 Å². The van der Waals surface area contributed by atoms with Gasteiger partial charge in [-0.25, -0.2) is 0 Å². The molecule has 0 bridgehead atoms. The van der Waals surface area contributed by atoms with E-state index in [0.717, 1.165) is 28.4 Å². The molecule has 0 saturated heterocycles. The van der Waals surface area contributed by atoms with Crippen LogP contribution >= 0.6 is 11.3 Å². The number of thiazole rings is 1. The molecular formula is C19H21N5OS. The topological polar surface area (TPSA) is 75.1 Å².